The van der Waals surface area contributed by atoms with Crippen LogP contribution in [0.25, 0.3) is 0 Å². The minimum atomic E-state index is -0.0615. The maximum Gasteiger partial charge on any atom is 0.317 e. The van der Waals surface area contributed by atoms with Crippen LogP contribution in [-0.4, -0.2) is 55.5 Å². The van der Waals surface area contributed by atoms with Crippen molar-refractivity contribution in [1.29, 1.82) is 0 Å². The van der Waals surface area contributed by atoms with Crippen molar-refractivity contribution in [3.8, 4) is 0 Å². The second-order valence-electron chi connectivity index (χ2n) is 3.57. The Hall–Kier alpha value is -0.810. The Bertz CT molecular complexity index is 181. The van der Waals surface area contributed by atoms with Crippen molar-refractivity contribution in [3.05, 3.63) is 0 Å². The molecule has 0 aromatic heterocycles. The lowest BCUT2D eigenvalue weighted by Crippen LogP contribution is -2.47. The molecule has 1 heterocycles. The summed E-state index contributed by atoms with van der Waals surface area (Å²) in [5.74, 6) is 0.111. The van der Waals surface area contributed by atoms with Gasteiger partial charge in [0.05, 0.1) is 13.2 Å². The fourth-order valence-corrected chi connectivity index (χ4v) is 1.20. The number of aliphatic hydroxyl groups is 1. The van der Waals surface area contributed by atoms with Gasteiger partial charge in [-0.05, 0) is 5.92 Å². The van der Waals surface area contributed by atoms with Crippen LogP contribution in [0.1, 0.15) is 6.92 Å². The van der Waals surface area contributed by atoms with Gasteiger partial charge in [0, 0.05) is 26.2 Å². The molecule has 0 radical (unpaired) electrons. The van der Waals surface area contributed by atoms with E-state index in [-0.39, 0.29) is 18.6 Å². The zero-order chi connectivity index (χ0) is 10.4. The van der Waals surface area contributed by atoms with Crippen LogP contribution in [0.15, 0.2) is 0 Å². The molecule has 0 aromatic carbocycles. The van der Waals surface area contributed by atoms with E-state index in [0.717, 1.165) is 0 Å². The average Bonchev–Trinajstić information content (AvgIpc) is 2.26. The number of aliphatic hydroxyl groups excluding tert-OH is 1. The van der Waals surface area contributed by atoms with Gasteiger partial charge in [-0.2, -0.15) is 0 Å². The Morgan fingerprint density at radius 2 is 2.21 bits per heavy atom. The Balaban J connectivity index is 2.19. The van der Waals surface area contributed by atoms with E-state index in [0.29, 0.717) is 32.8 Å². The Kier molecular flexibility index (Phi) is 4.69. The molecule has 2 N–H and O–H groups in total. The van der Waals surface area contributed by atoms with Crippen LogP contribution in [0.5, 0.6) is 0 Å². The molecule has 1 atom stereocenters. The van der Waals surface area contributed by atoms with Crippen molar-refractivity contribution in [2.75, 3.05) is 39.5 Å². The van der Waals surface area contributed by atoms with Crippen LogP contribution in [0.3, 0.4) is 0 Å². The first-order valence-electron chi connectivity index (χ1n) is 4.95. The van der Waals surface area contributed by atoms with Crippen LogP contribution in [0.2, 0.25) is 0 Å². The number of hydrogen-bond donors (Lipinski definition) is 2. The lowest BCUT2D eigenvalue weighted by Gasteiger charge is -2.27. The molecule has 1 aliphatic rings. The summed E-state index contributed by atoms with van der Waals surface area (Å²) in [7, 11) is 0. The topological polar surface area (TPSA) is 61.8 Å². The summed E-state index contributed by atoms with van der Waals surface area (Å²) in [5.41, 5.74) is 0. The van der Waals surface area contributed by atoms with E-state index in [9.17, 15) is 4.79 Å². The van der Waals surface area contributed by atoms with E-state index in [2.05, 4.69) is 5.32 Å². The lowest BCUT2D eigenvalue weighted by atomic mass is 10.2. The zero-order valence-corrected chi connectivity index (χ0v) is 8.53. The molecule has 1 fully saturated rings. The molecule has 5 nitrogen and oxygen atoms in total. The SMILES string of the molecule is CC(CO)CNC(=O)N1CCOCC1. The molecule has 82 valence electrons. The van der Waals surface area contributed by atoms with Crippen molar-refractivity contribution < 1.29 is 14.6 Å². The first-order chi connectivity index (χ1) is 6.74. The standard InChI is InChI=1S/C9H18N2O3/c1-8(7-12)6-10-9(13)11-2-4-14-5-3-11/h8,12H,2-7H2,1H3,(H,10,13). The molecule has 0 spiro atoms. The first-order valence-corrected chi connectivity index (χ1v) is 4.95. The van der Waals surface area contributed by atoms with E-state index >= 15 is 0 Å². The molecule has 1 rings (SSSR count). The van der Waals surface area contributed by atoms with Crippen LogP contribution in [0, 0.1) is 5.92 Å². The molecule has 14 heavy (non-hydrogen) atoms. The number of carbonyl (C=O) groups is 1. The van der Waals surface area contributed by atoms with Gasteiger partial charge in [-0.25, -0.2) is 4.79 Å². The zero-order valence-electron chi connectivity index (χ0n) is 8.53. The molecule has 1 unspecified atom stereocenters. The number of morpholine rings is 1. The van der Waals surface area contributed by atoms with Gasteiger partial charge in [-0.1, -0.05) is 6.92 Å². The maximum atomic E-state index is 11.5. The third-order valence-electron chi connectivity index (χ3n) is 2.21. The number of rotatable bonds is 3. The van der Waals surface area contributed by atoms with Gasteiger partial charge in [0.25, 0.3) is 0 Å². The summed E-state index contributed by atoms with van der Waals surface area (Å²) in [4.78, 5) is 13.2. The van der Waals surface area contributed by atoms with E-state index in [4.69, 9.17) is 9.84 Å². The summed E-state index contributed by atoms with van der Waals surface area (Å²) in [6.45, 7) is 5.04. The Labute approximate surface area is 84.0 Å². The molecule has 2 amide bonds. The molecule has 0 aliphatic carbocycles. The molecule has 1 saturated heterocycles. The highest BCUT2D eigenvalue weighted by molar-refractivity contribution is 5.74. The summed E-state index contributed by atoms with van der Waals surface area (Å²) in [6, 6.07) is -0.0615. The predicted octanol–water partition coefficient (Wildman–Crippen LogP) is -0.343. The third kappa shape index (κ3) is 3.51. The summed E-state index contributed by atoms with van der Waals surface area (Å²) >= 11 is 0. The third-order valence-corrected chi connectivity index (χ3v) is 2.21. The highest BCUT2D eigenvalue weighted by atomic mass is 16.5. The minimum Gasteiger partial charge on any atom is -0.396 e. The van der Waals surface area contributed by atoms with Gasteiger partial charge in [-0.15, -0.1) is 0 Å². The van der Waals surface area contributed by atoms with Gasteiger partial charge in [-0.3, -0.25) is 0 Å². The largest absolute Gasteiger partial charge is 0.396 e. The molecular weight excluding hydrogens is 184 g/mol. The summed E-state index contributed by atoms with van der Waals surface area (Å²) < 4.78 is 5.13. The number of ether oxygens (including phenoxy) is 1. The highest BCUT2D eigenvalue weighted by Gasteiger charge is 2.16. The number of nitrogens with zero attached hydrogens (tertiary/aromatic N) is 1. The molecule has 1 aliphatic heterocycles. The van der Waals surface area contributed by atoms with Crippen LogP contribution < -0.4 is 5.32 Å². The predicted molar refractivity (Wildman–Crippen MR) is 52.0 cm³/mol. The fourth-order valence-electron chi connectivity index (χ4n) is 1.20. The van der Waals surface area contributed by atoms with Gasteiger partial charge in [0.1, 0.15) is 0 Å². The number of hydrogen-bond acceptors (Lipinski definition) is 3. The highest BCUT2D eigenvalue weighted by Crippen LogP contribution is 1.97. The fraction of sp³-hybridized carbons (Fsp3) is 0.889. The summed E-state index contributed by atoms with van der Waals surface area (Å²) in [5, 5.41) is 11.5. The van der Waals surface area contributed by atoms with Crippen LogP contribution in [-0.2, 0) is 4.74 Å². The van der Waals surface area contributed by atoms with E-state index in [1.54, 1.807) is 4.90 Å². The van der Waals surface area contributed by atoms with Crippen molar-refractivity contribution in [2.45, 2.75) is 6.92 Å². The van der Waals surface area contributed by atoms with Crippen LogP contribution >= 0.6 is 0 Å². The molecule has 0 aromatic rings. The van der Waals surface area contributed by atoms with E-state index in [1.807, 2.05) is 6.92 Å². The first kappa shape index (κ1) is 11.3. The summed E-state index contributed by atoms with van der Waals surface area (Å²) in [6.07, 6.45) is 0. The lowest BCUT2D eigenvalue weighted by molar-refractivity contribution is 0.0528. The number of amides is 2. The van der Waals surface area contributed by atoms with Gasteiger partial charge in [0.15, 0.2) is 0 Å². The quantitative estimate of drug-likeness (QED) is 0.658. The molecular formula is C9H18N2O3. The molecule has 0 bridgehead atoms. The monoisotopic (exact) mass is 202 g/mol. The smallest absolute Gasteiger partial charge is 0.317 e. The second kappa shape index (κ2) is 5.82. The maximum absolute atomic E-state index is 11.5. The average molecular weight is 202 g/mol. The van der Waals surface area contributed by atoms with Gasteiger partial charge >= 0.3 is 6.03 Å². The van der Waals surface area contributed by atoms with Crippen molar-refractivity contribution in [3.63, 3.8) is 0 Å². The number of carbonyl (C=O) groups excluding carboxylic acids is 1. The Morgan fingerprint density at radius 1 is 1.57 bits per heavy atom. The van der Waals surface area contributed by atoms with E-state index in [1.165, 1.54) is 0 Å². The normalized spacial score (nSPS) is 19.1. The van der Waals surface area contributed by atoms with E-state index < -0.39 is 0 Å². The minimum absolute atomic E-state index is 0.0615. The molecule has 0 saturated carbocycles. The van der Waals surface area contributed by atoms with Crippen LogP contribution in [0.4, 0.5) is 4.79 Å². The number of nitrogens with one attached hydrogen (secondary N) is 1. The number of urea groups is 1. The molecule has 5 heteroatoms. The van der Waals surface area contributed by atoms with Crippen molar-refractivity contribution >= 4 is 6.03 Å². The van der Waals surface area contributed by atoms with Crippen molar-refractivity contribution in [2.24, 2.45) is 5.92 Å². The van der Waals surface area contributed by atoms with Gasteiger partial charge < -0.3 is 20.1 Å². The van der Waals surface area contributed by atoms with Gasteiger partial charge in [0.2, 0.25) is 0 Å². The van der Waals surface area contributed by atoms with Crippen molar-refractivity contribution in [1.82, 2.24) is 10.2 Å². The second-order valence-corrected chi connectivity index (χ2v) is 3.57. The Morgan fingerprint density at radius 3 is 2.79 bits per heavy atom.